The Bertz CT molecular complexity index is 2560. The summed E-state index contributed by atoms with van der Waals surface area (Å²) in [5.74, 6) is 2.10. The molecule has 0 amide bonds. The maximum atomic E-state index is 6.60. The van der Waals surface area contributed by atoms with Crippen LogP contribution in [0.2, 0.25) is 0 Å². The van der Waals surface area contributed by atoms with Gasteiger partial charge in [-0.25, -0.2) is 4.98 Å². The second-order valence-electron chi connectivity index (χ2n) is 14.3. The fourth-order valence-electron chi connectivity index (χ4n) is 7.53. The first-order chi connectivity index (χ1) is 24.9. The molecule has 0 bridgehead atoms. The number of nitrogens with zero attached hydrogens (tertiary/aromatic N) is 3. The average molecular weight is 658 g/mol. The van der Waals surface area contributed by atoms with Crippen molar-refractivity contribution in [2.45, 2.75) is 26.2 Å². The number of ether oxygens (including phenoxy) is 1. The lowest BCUT2D eigenvalue weighted by Crippen LogP contribution is -2.65. The van der Waals surface area contributed by atoms with Gasteiger partial charge in [0, 0.05) is 23.0 Å². The number of pyridine rings is 2. The van der Waals surface area contributed by atoms with Gasteiger partial charge in [-0.05, 0) is 58.5 Å². The topological polar surface area (TPSA) is 52.0 Å². The van der Waals surface area contributed by atoms with Crippen LogP contribution in [-0.4, -0.2) is 28.2 Å². The van der Waals surface area contributed by atoms with Crippen LogP contribution in [0.4, 0.5) is 0 Å². The molecule has 1 aliphatic heterocycles. The summed E-state index contributed by atoms with van der Waals surface area (Å²) >= 11 is 0. The van der Waals surface area contributed by atoms with E-state index < -0.39 is 0 Å². The number of para-hydroxylation sites is 1. The van der Waals surface area contributed by atoms with Gasteiger partial charge in [-0.1, -0.05) is 152 Å². The summed E-state index contributed by atoms with van der Waals surface area (Å²) in [6.07, 6.45) is 1.89. The van der Waals surface area contributed by atoms with Gasteiger partial charge >= 0.3 is 0 Å². The quantitative estimate of drug-likeness (QED) is 0.200. The van der Waals surface area contributed by atoms with E-state index in [0.717, 1.165) is 39.0 Å². The Morgan fingerprint density at radius 1 is 0.608 bits per heavy atom. The molecule has 0 radical (unpaired) electrons. The van der Waals surface area contributed by atoms with Crippen LogP contribution < -0.4 is 31.7 Å². The molecule has 1 N–H and O–H groups in total. The number of aromatic nitrogens is 3. The van der Waals surface area contributed by atoms with Crippen LogP contribution in [0.1, 0.15) is 26.3 Å². The van der Waals surface area contributed by atoms with E-state index in [0.29, 0.717) is 5.88 Å². The molecule has 5 nitrogen and oxygen atoms in total. The van der Waals surface area contributed by atoms with E-state index in [-0.39, 0.29) is 19.1 Å². The second-order valence-corrected chi connectivity index (χ2v) is 14.3. The van der Waals surface area contributed by atoms with Crippen molar-refractivity contribution < 1.29 is 4.74 Å². The monoisotopic (exact) mass is 658 g/mol. The van der Waals surface area contributed by atoms with Crippen molar-refractivity contribution in [1.29, 1.82) is 0 Å². The number of hydrogen-bond acceptors (Lipinski definition) is 4. The van der Waals surface area contributed by atoms with Crippen LogP contribution in [0.15, 0.2) is 158 Å². The van der Waals surface area contributed by atoms with Crippen molar-refractivity contribution in [3.8, 4) is 28.6 Å². The Hall–Kier alpha value is -5.91. The lowest BCUT2D eigenvalue weighted by Gasteiger charge is -2.21. The molecule has 4 heterocycles. The Labute approximate surface area is 299 Å². The molecule has 0 saturated carbocycles. The molecule has 0 fully saturated rings. The standard InChI is InChI=1S/C44H36B2N4O/c1-44(2,3)30-26-27-47-41(28-30)50-40-23-12-9-20-36(40)37-24-25-42(48-43(37)50)51-33-17-13-16-32(29-33)46-39-22-11-8-19-35(39)34-18-7-10-21-38(34)45(49-46)31-14-5-4-6-15-31/h4-29,49H,1-3H3. The predicted molar refractivity (Wildman–Crippen MR) is 213 cm³/mol. The molecule has 0 saturated heterocycles. The van der Waals surface area contributed by atoms with E-state index in [4.69, 9.17) is 14.7 Å². The molecule has 244 valence electrons. The lowest BCUT2D eigenvalue weighted by atomic mass is 9.41. The second kappa shape index (κ2) is 12.4. The molecule has 3 aromatic heterocycles. The zero-order valence-corrected chi connectivity index (χ0v) is 28.9. The minimum absolute atomic E-state index is 0.000706. The van der Waals surface area contributed by atoms with E-state index >= 15 is 0 Å². The van der Waals surface area contributed by atoms with Crippen LogP contribution >= 0.6 is 0 Å². The van der Waals surface area contributed by atoms with Crippen LogP contribution in [0.3, 0.4) is 0 Å². The molecule has 0 atom stereocenters. The van der Waals surface area contributed by atoms with E-state index in [2.05, 4.69) is 170 Å². The molecular formula is C44H36B2N4O. The van der Waals surface area contributed by atoms with Crippen LogP contribution in [-0.2, 0) is 5.41 Å². The summed E-state index contributed by atoms with van der Waals surface area (Å²) in [6, 6.07) is 53.3. The van der Waals surface area contributed by atoms with Gasteiger partial charge in [-0.3, -0.25) is 4.57 Å². The summed E-state index contributed by atoms with van der Waals surface area (Å²) in [6.45, 7) is 6.59. The molecule has 51 heavy (non-hydrogen) atoms. The van der Waals surface area contributed by atoms with Crippen LogP contribution in [0.5, 0.6) is 11.6 Å². The summed E-state index contributed by atoms with van der Waals surface area (Å²) in [4.78, 5) is 9.95. The summed E-state index contributed by atoms with van der Waals surface area (Å²) in [5, 5.41) is 6.23. The van der Waals surface area contributed by atoms with Gasteiger partial charge in [-0.2, -0.15) is 4.98 Å². The normalized spacial score (nSPS) is 12.8. The molecule has 0 aliphatic carbocycles. The fraction of sp³-hybridized carbons (Fsp3) is 0.0909. The van der Waals surface area contributed by atoms with Gasteiger partial charge in [0.1, 0.15) is 11.6 Å². The smallest absolute Gasteiger partial charge is 0.279 e. The fourth-order valence-corrected chi connectivity index (χ4v) is 7.53. The first-order valence-corrected chi connectivity index (χ1v) is 17.6. The van der Waals surface area contributed by atoms with Gasteiger partial charge in [0.05, 0.1) is 5.52 Å². The number of rotatable bonds is 5. The van der Waals surface area contributed by atoms with Crippen molar-refractivity contribution in [3.63, 3.8) is 0 Å². The molecule has 0 unspecified atom stereocenters. The number of benzene rings is 5. The van der Waals surface area contributed by atoms with Crippen LogP contribution in [0.25, 0.3) is 38.9 Å². The van der Waals surface area contributed by atoms with Crippen molar-refractivity contribution in [1.82, 2.24) is 19.7 Å². The highest BCUT2D eigenvalue weighted by Crippen LogP contribution is 2.34. The van der Waals surface area contributed by atoms with Crippen LogP contribution in [0, 0.1) is 0 Å². The predicted octanol–water partition coefficient (Wildman–Crippen LogP) is 7.15. The minimum atomic E-state index is -0.0820. The number of hydrogen-bond donors (Lipinski definition) is 1. The third-order valence-corrected chi connectivity index (χ3v) is 10.1. The summed E-state index contributed by atoms with van der Waals surface area (Å²) in [7, 11) is 0. The highest BCUT2D eigenvalue weighted by molar-refractivity contribution is 6.99. The first-order valence-electron chi connectivity index (χ1n) is 17.6. The Kier molecular flexibility index (Phi) is 7.59. The van der Waals surface area contributed by atoms with Gasteiger partial charge in [0.15, 0.2) is 5.65 Å². The van der Waals surface area contributed by atoms with Gasteiger partial charge in [0.2, 0.25) is 5.88 Å². The van der Waals surface area contributed by atoms with E-state index in [1.165, 1.54) is 33.1 Å². The van der Waals surface area contributed by atoms with Crippen molar-refractivity contribution in [3.05, 3.63) is 163 Å². The number of fused-ring (bicyclic) bond motifs is 6. The first kappa shape index (κ1) is 31.1. The molecule has 1 aliphatic rings. The van der Waals surface area contributed by atoms with Gasteiger partial charge in [0.25, 0.3) is 13.7 Å². The molecular weight excluding hydrogens is 622 g/mol. The largest absolute Gasteiger partial charge is 0.439 e. The van der Waals surface area contributed by atoms with Crippen molar-refractivity contribution >= 4 is 57.5 Å². The maximum absolute atomic E-state index is 6.60. The Morgan fingerprint density at radius 3 is 2.04 bits per heavy atom. The highest BCUT2D eigenvalue weighted by atomic mass is 16.5. The third kappa shape index (κ3) is 5.60. The zero-order valence-electron chi connectivity index (χ0n) is 28.9. The molecule has 9 rings (SSSR count). The third-order valence-electron chi connectivity index (χ3n) is 10.1. The zero-order chi connectivity index (χ0) is 34.5. The summed E-state index contributed by atoms with van der Waals surface area (Å²) < 4.78 is 8.75. The van der Waals surface area contributed by atoms with Crippen molar-refractivity contribution in [2.24, 2.45) is 0 Å². The molecule has 8 aromatic rings. The maximum Gasteiger partial charge on any atom is 0.279 e. The average Bonchev–Trinajstić information content (AvgIpc) is 3.40. The Morgan fingerprint density at radius 2 is 1.27 bits per heavy atom. The number of nitrogens with one attached hydrogen (secondary N) is 1. The molecule has 5 aromatic carbocycles. The SMILES string of the molecule is CC(C)(C)c1ccnc(-n2c3ccccc3c3ccc(Oc4cccc(B5NB(c6ccccc6)c6ccccc6-c6ccccc65)c4)nc32)c1. The highest BCUT2D eigenvalue weighted by Gasteiger charge is 2.35. The van der Waals surface area contributed by atoms with E-state index in [1.807, 2.05) is 18.3 Å². The van der Waals surface area contributed by atoms with Crippen molar-refractivity contribution in [2.75, 3.05) is 0 Å². The van der Waals surface area contributed by atoms with E-state index in [1.54, 1.807) is 0 Å². The van der Waals surface area contributed by atoms with Gasteiger partial charge < -0.3 is 9.88 Å². The Balaban J connectivity index is 1.12. The lowest BCUT2D eigenvalue weighted by molar-refractivity contribution is 0.465. The van der Waals surface area contributed by atoms with Gasteiger partial charge in [-0.15, -0.1) is 0 Å². The molecule has 7 heteroatoms. The van der Waals surface area contributed by atoms with E-state index in [9.17, 15) is 0 Å². The molecule has 0 spiro atoms. The summed E-state index contributed by atoms with van der Waals surface area (Å²) in [5.41, 5.74) is 10.4. The minimum Gasteiger partial charge on any atom is -0.439 e.